The van der Waals surface area contributed by atoms with E-state index in [2.05, 4.69) is 10.2 Å². The van der Waals surface area contributed by atoms with Gasteiger partial charge >= 0.3 is 0 Å². The molecule has 0 atom stereocenters. The van der Waals surface area contributed by atoms with Crippen LogP contribution in [0.2, 0.25) is 0 Å². The van der Waals surface area contributed by atoms with Gasteiger partial charge in [0.15, 0.2) is 8.68 Å². The summed E-state index contributed by atoms with van der Waals surface area (Å²) in [5, 5.41) is 7.86. The summed E-state index contributed by atoms with van der Waals surface area (Å²) in [6.45, 7) is 0.337. The molecule has 0 saturated carbocycles. The Bertz CT molecular complexity index is 646. The lowest BCUT2D eigenvalue weighted by Gasteiger charge is -2.06. The molecule has 25 heavy (non-hydrogen) atoms. The summed E-state index contributed by atoms with van der Waals surface area (Å²) in [6, 6.07) is 0. The predicted octanol–water partition coefficient (Wildman–Crippen LogP) is 0.541. The quantitative estimate of drug-likeness (QED) is 0.167. The van der Waals surface area contributed by atoms with Gasteiger partial charge in [-0.1, -0.05) is 34.9 Å². The SMILES string of the molecule is O=S(=O)([O-])CCCOCSc1nnc(SCOCCCS(=O)(=O)[O-])s1. The Balaban J connectivity index is 2.07. The van der Waals surface area contributed by atoms with Gasteiger partial charge in [-0.3, -0.25) is 0 Å². The summed E-state index contributed by atoms with van der Waals surface area (Å²) in [5.74, 6) is -0.368. The zero-order valence-corrected chi connectivity index (χ0v) is 16.9. The van der Waals surface area contributed by atoms with E-state index in [0.29, 0.717) is 8.68 Å². The second-order valence-electron chi connectivity index (χ2n) is 4.41. The number of nitrogens with zero attached hydrogens (tertiary/aromatic N) is 2. The van der Waals surface area contributed by atoms with Crippen LogP contribution in [-0.4, -0.2) is 72.7 Å². The fourth-order valence-corrected chi connectivity index (χ4v) is 4.74. The highest BCUT2D eigenvalue weighted by Crippen LogP contribution is 2.28. The molecule has 1 rings (SSSR count). The molecule has 0 bridgehead atoms. The van der Waals surface area contributed by atoms with E-state index in [-0.39, 0.29) is 37.9 Å². The van der Waals surface area contributed by atoms with Crippen LogP contribution in [0.5, 0.6) is 0 Å². The standard InChI is InChI=1S/C10H18N2O8S5/c13-24(14,15)5-1-3-19-7-21-9-11-12-10(23-9)22-8-20-4-2-6-25(16,17)18/h1-8H2,(H,13,14,15)(H,16,17,18)/p-2. The van der Waals surface area contributed by atoms with E-state index < -0.39 is 31.7 Å². The molecule has 15 heteroatoms. The van der Waals surface area contributed by atoms with Gasteiger partial charge in [-0.15, -0.1) is 10.2 Å². The van der Waals surface area contributed by atoms with Crippen molar-refractivity contribution in [2.45, 2.75) is 21.5 Å². The summed E-state index contributed by atoms with van der Waals surface area (Å²) in [7, 11) is -8.40. The number of hydrogen-bond donors (Lipinski definition) is 0. The molecule has 0 aromatic carbocycles. The fourth-order valence-electron chi connectivity index (χ4n) is 1.29. The van der Waals surface area contributed by atoms with Crippen LogP contribution in [0.4, 0.5) is 0 Å². The number of ether oxygens (including phenoxy) is 2. The molecule has 0 unspecified atom stereocenters. The molecule has 0 fully saturated rings. The van der Waals surface area contributed by atoms with Gasteiger partial charge in [0.25, 0.3) is 0 Å². The molecule has 0 aliphatic rings. The van der Waals surface area contributed by atoms with Crippen LogP contribution in [-0.2, 0) is 29.7 Å². The highest BCUT2D eigenvalue weighted by atomic mass is 32.2. The molecule has 0 spiro atoms. The van der Waals surface area contributed by atoms with Crippen molar-refractivity contribution in [3.05, 3.63) is 0 Å². The van der Waals surface area contributed by atoms with Crippen molar-refractivity contribution in [1.29, 1.82) is 0 Å². The van der Waals surface area contributed by atoms with Crippen LogP contribution in [0, 0.1) is 0 Å². The first-order valence-electron chi connectivity index (χ1n) is 6.77. The lowest BCUT2D eigenvalue weighted by Crippen LogP contribution is -2.07. The zero-order valence-electron chi connectivity index (χ0n) is 12.9. The third kappa shape index (κ3) is 13.8. The first-order chi connectivity index (χ1) is 11.7. The molecule has 0 aliphatic heterocycles. The van der Waals surface area contributed by atoms with E-state index in [0.717, 1.165) is 0 Å². The van der Waals surface area contributed by atoms with E-state index in [1.54, 1.807) is 0 Å². The van der Waals surface area contributed by atoms with Crippen molar-refractivity contribution < 1.29 is 35.4 Å². The Kier molecular flexibility index (Phi) is 10.7. The normalized spacial score (nSPS) is 12.6. The maximum absolute atomic E-state index is 10.4. The second-order valence-corrected chi connectivity index (χ2v) is 10.8. The monoisotopic (exact) mass is 452 g/mol. The van der Waals surface area contributed by atoms with Crippen molar-refractivity contribution in [3.8, 4) is 0 Å². The van der Waals surface area contributed by atoms with Gasteiger partial charge in [-0.25, -0.2) is 16.8 Å². The lowest BCUT2D eigenvalue weighted by molar-refractivity contribution is 0.183. The van der Waals surface area contributed by atoms with E-state index in [1.165, 1.54) is 34.9 Å². The highest BCUT2D eigenvalue weighted by Gasteiger charge is 2.06. The maximum Gasteiger partial charge on any atom is 0.177 e. The Labute approximate surface area is 158 Å². The summed E-state index contributed by atoms with van der Waals surface area (Å²) < 4.78 is 74.0. The Hall–Kier alpha value is -0.000000000000000194. The first-order valence-corrected chi connectivity index (χ1v) is 12.7. The largest absolute Gasteiger partial charge is 0.748 e. The van der Waals surface area contributed by atoms with Gasteiger partial charge < -0.3 is 18.6 Å². The highest BCUT2D eigenvalue weighted by molar-refractivity contribution is 8.03. The zero-order chi connectivity index (χ0) is 18.8. The van der Waals surface area contributed by atoms with Crippen LogP contribution >= 0.6 is 34.9 Å². The minimum atomic E-state index is -4.20. The van der Waals surface area contributed by atoms with Crippen molar-refractivity contribution >= 4 is 55.1 Å². The average Bonchev–Trinajstić information content (AvgIpc) is 2.92. The molecule has 0 N–H and O–H groups in total. The van der Waals surface area contributed by atoms with E-state index in [9.17, 15) is 25.9 Å². The lowest BCUT2D eigenvalue weighted by atomic mass is 10.5. The van der Waals surface area contributed by atoms with E-state index in [4.69, 9.17) is 9.47 Å². The maximum atomic E-state index is 10.4. The topological polar surface area (TPSA) is 159 Å². The minimum absolute atomic E-state index is 0.147. The van der Waals surface area contributed by atoms with Crippen molar-refractivity contribution in [2.75, 3.05) is 36.6 Å². The fraction of sp³-hybridized carbons (Fsp3) is 0.800. The van der Waals surface area contributed by atoms with Crippen molar-refractivity contribution in [3.63, 3.8) is 0 Å². The van der Waals surface area contributed by atoms with Gasteiger partial charge in [-0.05, 0) is 12.8 Å². The molecule has 146 valence electrons. The molecule has 0 aliphatic carbocycles. The second kappa shape index (κ2) is 11.7. The Morgan fingerprint density at radius 3 is 1.60 bits per heavy atom. The summed E-state index contributed by atoms with van der Waals surface area (Å²) >= 11 is 3.90. The van der Waals surface area contributed by atoms with E-state index >= 15 is 0 Å². The Morgan fingerprint density at radius 1 is 0.840 bits per heavy atom. The van der Waals surface area contributed by atoms with Gasteiger partial charge in [0.2, 0.25) is 0 Å². The predicted molar refractivity (Wildman–Crippen MR) is 91.6 cm³/mol. The molecule has 1 heterocycles. The van der Waals surface area contributed by atoms with Crippen molar-refractivity contribution in [2.24, 2.45) is 0 Å². The van der Waals surface area contributed by atoms with Crippen LogP contribution in [0.1, 0.15) is 12.8 Å². The number of aromatic nitrogens is 2. The van der Waals surface area contributed by atoms with Gasteiger partial charge in [0.05, 0.1) is 32.1 Å². The van der Waals surface area contributed by atoms with E-state index in [1.807, 2.05) is 0 Å². The number of thioether (sulfide) groups is 2. The molecular formula is C10H16N2O8S5-2. The summed E-state index contributed by atoms with van der Waals surface area (Å²) in [6.07, 6.45) is 0.295. The van der Waals surface area contributed by atoms with Crippen LogP contribution < -0.4 is 0 Å². The average molecular weight is 453 g/mol. The number of hydrogen-bond acceptors (Lipinski definition) is 13. The van der Waals surface area contributed by atoms with Gasteiger partial charge in [0, 0.05) is 24.7 Å². The van der Waals surface area contributed by atoms with Gasteiger partial charge in [0.1, 0.15) is 0 Å². The molecule has 0 saturated heterocycles. The minimum Gasteiger partial charge on any atom is -0.748 e. The molecule has 1 aromatic rings. The third-order valence-electron chi connectivity index (χ3n) is 2.29. The van der Waals surface area contributed by atoms with Crippen LogP contribution in [0.25, 0.3) is 0 Å². The summed E-state index contributed by atoms with van der Waals surface area (Å²) in [5.41, 5.74) is 0. The molecule has 10 nitrogen and oxygen atoms in total. The number of rotatable bonds is 14. The first kappa shape index (κ1) is 23.0. The third-order valence-corrected chi connectivity index (χ3v) is 6.81. The molecule has 0 radical (unpaired) electrons. The summed E-state index contributed by atoms with van der Waals surface area (Å²) in [4.78, 5) is 0. The molecule has 0 amide bonds. The van der Waals surface area contributed by atoms with Crippen LogP contribution in [0.15, 0.2) is 8.68 Å². The van der Waals surface area contributed by atoms with Crippen molar-refractivity contribution in [1.82, 2.24) is 10.2 Å². The van der Waals surface area contributed by atoms with Gasteiger partial charge in [-0.2, -0.15) is 0 Å². The molecule has 1 aromatic heterocycles. The van der Waals surface area contributed by atoms with Crippen LogP contribution in [0.3, 0.4) is 0 Å². The Morgan fingerprint density at radius 2 is 1.24 bits per heavy atom. The smallest absolute Gasteiger partial charge is 0.177 e. The molecular weight excluding hydrogens is 436 g/mol.